The number of carbonyl (C=O) groups excluding carboxylic acids is 1. The molecule has 0 fully saturated rings. The van der Waals surface area contributed by atoms with Gasteiger partial charge in [0.1, 0.15) is 0 Å². The van der Waals surface area contributed by atoms with Crippen LogP contribution in [0, 0.1) is 0 Å². The molecule has 106 valence electrons. The van der Waals surface area contributed by atoms with Crippen LogP contribution in [0.4, 0.5) is 5.69 Å². The van der Waals surface area contributed by atoms with Crippen molar-refractivity contribution in [3.05, 3.63) is 47.3 Å². The first-order chi connectivity index (χ1) is 9.60. The van der Waals surface area contributed by atoms with E-state index in [1.807, 2.05) is 24.3 Å². The van der Waals surface area contributed by atoms with Gasteiger partial charge in [0.15, 0.2) is 5.69 Å². The Hall–Kier alpha value is -2.10. The lowest BCUT2D eigenvalue weighted by Crippen LogP contribution is -2.12. The zero-order valence-electron chi connectivity index (χ0n) is 12.2. The first kappa shape index (κ1) is 14.3. The van der Waals surface area contributed by atoms with Crippen molar-refractivity contribution in [2.45, 2.75) is 39.5 Å². The molecule has 2 N–H and O–H groups in total. The van der Waals surface area contributed by atoms with Gasteiger partial charge in [-0.2, -0.15) is 5.10 Å². The Labute approximate surface area is 119 Å². The molecule has 1 heterocycles. The second-order valence-electron chi connectivity index (χ2n) is 5.26. The third-order valence-corrected chi connectivity index (χ3v) is 3.19. The quantitative estimate of drug-likeness (QED) is 0.870. The molecule has 2 aromatic rings. The van der Waals surface area contributed by atoms with Crippen LogP contribution in [0.2, 0.25) is 0 Å². The van der Waals surface area contributed by atoms with Crippen LogP contribution in [0.15, 0.2) is 30.3 Å². The summed E-state index contributed by atoms with van der Waals surface area (Å²) in [4.78, 5) is 12.1. The summed E-state index contributed by atoms with van der Waals surface area (Å²) in [6, 6.07) is 9.73. The van der Waals surface area contributed by atoms with Crippen LogP contribution in [-0.2, 0) is 6.42 Å². The summed E-state index contributed by atoms with van der Waals surface area (Å²) in [6.07, 6.45) is 1.93. The number of aromatic amines is 1. The van der Waals surface area contributed by atoms with Gasteiger partial charge in [-0.3, -0.25) is 9.89 Å². The van der Waals surface area contributed by atoms with Crippen LogP contribution >= 0.6 is 0 Å². The highest BCUT2D eigenvalue weighted by atomic mass is 16.1. The van der Waals surface area contributed by atoms with E-state index in [4.69, 9.17) is 0 Å². The normalized spacial score (nSPS) is 10.8. The lowest BCUT2D eigenvalue weighted by molar-refractivity contribution is 0.102. The smallest absolute Gasteiger partial charge is 0.276 e. The van der Waals surface area contributed by atoms with Crippen molar-refractivity contribution in [3.63, 3.8) is 0 Å². The van der Waals surface area contributed by atoms with Crippen LogP contribution in [0.5, 0.6) is 0 Å². The van der Waals surface area contributed by atoms with E-state index in [1.54, 1.807) is 0 Å². The SMILES string of the molecule is CCCc1cc(C(=O)Nc2cccc(C(C)C)c2)n[nH]1. The van der Waals surface area contributed by atoms with E-state index in [1.165, 1.54) is 5.56 Å². The number of H-pyrrole nitrogens is 1. The molecule has 1 amide bonds. The van der Waals surface area contributed by atoms with Crippen LogP contribution in [0.1, 0.15) is 54.9 Å². The number of carbonyl (C=O) groups is 1. The molecule has 0 spiro atoms. The summed E-state index contributed by atoms with van der Waals surface area (Å²) in [7, 11) is 0. The van der Waals surface area contributed by atoms with Crippen molar-refractivity contribution in [3.8, 4) is 0 Å². The van der Waals surface area contributed by atoms with Gasteiger partial charge in [-0.05, 0) is 36.1 Å². The van der Waals surface area contributed by atoms with Crippen molar-refractivity contribution in [1.29, 1.82) is 0 Å². The number of nitrogens with one attached hydrogen (secondary N) is 2. The Morgan fingerprint density at radius 3 is 2.85 bits per heavy atom. The Morgan fingerprint density at radius 1 is 1.35 bits per heavy atom. The van der Waals surface area contributed by atoms with Gasteiger partial charge in [-0.25, -0.2) is 0 Å². The largest absolute Gasteiger partial charge is 0.321 e. The van der Waals surface area contributed by atoms with Crippen LogP contribution in [0.3, 0.4) is 0 Å². The van der Waals surface area contributed by atoms with Crippen molar-refractivity contribution in [1.82, 2.24) is 10.2 Å². The lowest BCUT2D eigenvalue weighted by atomic mass is 10.0. The molecular formula is C16H21N3O. The molecule has 0 aliphatic carbocycles. The minimum absolute atomic E-state index is 0.176. The van der Waals surface area contributed by atoms with Gasteiger partial charge >= 0.3 is 0 Å². The molecule has 1 aromatic heterocycles. The fourth-order valence-electron chi connectivity index (χ4n) is 2.05. The maximum atomic E-state index is 12.1. The van der Waals surface area contributed by atoms with E-state index in [0.29, 0.717) is 11.6 Å². The Balaban J connectivity index is 2.08. The first-order valence-electron chi connectivity index (χ1n) is 7.05. The fourth-order valence-corrected chi connectivity index (χ4v) is 2.05. The summed E-state index contributed by atoms with van der Waals surface area (Å²) >= 11 is 0. The highest BCUT2D eigenvalue weighted by Crippen LogP contribution is 2.19. The van der Waals surface area contributed by atoms with Gasteiger partial charge in [0.2, 0.25) is 0 Å². The lowest BCUT2D eigenvalue weighted by Gasteiger charge is -2.08. The average Bonchev–Trinajstić information content (AvgIpc) is 2.88. The molecule has 0 aliphatic heterocycles. The highest BCUT2D eigenvalue weighted by Gasteiger charge is 2.11. The van der Waals surface area contributed by atoms with E-state index in [9.17, 15) is 4.79 Å². The predicted octanol–water partition coefficient (Wildman–Crippen LogP) is 3.74. The van der Waals surface area contributed by atoms with Gasteiger partial charge in [-0.15, -0.1) is 0 Å². The van der Waals surface area contributed by atoms with E-state index < -0.39 is 0 Å². The molecule has 1 aromatic carbocycles. The highest BCUT2D eigenvalue weighted by molar-refractivity contribution is 6.02. The Bertz CT molecular complexity index is 587. The van der Waals surface area contributed by atoms with Crippen LogP contribution in [-0.4, -0.2) is 16.1 Å². The average molecular weight is 271 g/mol. The zero-order chi connectivity index (χ0) is 14.5. The second kappa shape index (κ2) is 6.37. The third-order valence-electron chi connectivity index (χ3n) is 3.19. The van der Waals surface area contributed by atoms with E-state index >= 15 is 0 Å². The summed E-state index contributed by atoms with van der Waals surface area (Å²) in [5.41, 5.74) is 3.44. The molecule has 0 bridgehead atoms. The van der Waals surface area contributed by atoms with E-state index in [-0.39, 0.29) is 5.91 Å². The topological polar surface area (TPSA) is 57.8 Å². The maximum Gasteiger partial charge on any atom is 0.276 e. The number of hydrogen-bond donors (Lipinski definition) is 2. The van der Waals surface area contributed by atoms with Crippen LogP contribution in [0.25, 0.3) is 0 Å². The fraction of sp³-hybridized carbons (Fsp3) is 0.375. The number of amides is 1. The van der Waals surface area contributed by atoms with Crippen molar-refractivity contribution in [2.24, 2.45) is 0 Å². The van der Waals surface area contributed by atoms with Gasteiger partial charge in [0.05, 0.1) is 0 Å². The van der Waals surface area contributed by atoms with Gasteiger partial charge < -0.3 is 5.32 Å². The Kier molecular flexibility index (Phi) is 4.56. The molecule has 0 aliphatic rings. The van der Waals surface area contributed by atoms with Gasteiger partial charge in [-0.1, -0.05) is 39.3 Å². The minimum atomic E-state index is -0.176. The number of aromatic nitrogens is 2. The molecule has 0 atom stereocenters. The summed E-state index contributed by atoms with van der Waals surface area (Å²) in [6.45, 7) is 6.36. The van der Waals surface area contributed by atoms with Crippen molar-refractivity contribution in [2.75, 3.05) is 5.32 Å². The molecular weight excluding hydrogens is 250 g/mol. The van der Waals surface area contributed by atoms with Crippen molar-refractivity contribution >= 4 is 11.6 Å². The van der Waals surface area contributed by atoms with E-state index in [0.717, 1.165) is 24.2 Å². The second-order valence-corrected chi connectivity index (χ2v) is 5.26. The molecule has 4 nitrogen and oxygen atoms in total. The first-order valence-corrected chi connectivity index (χ1v) is 7.05. The van der Waals surface area contributed by atoms with Crippen molar-refractivity contribution < 1.29 is 4.79 Å². The maximum absolute atomic E-state index is 12.1. The number of hydrogen-bond acceptors (Lipinski definition) is 2. The molecule has 2 rings (SSSR count). The molecule has 0 radical (unpaired) electrons. The van der Waals surface area contributed by atoms with Gasteiger partial charge in [0.25, 0.3) is 5.91 Å². The number of aryl methyl sites for hydroxylation is 1. The zero-order valence-corrected chi connectivity index (χ0v) is 12.2. The predicted molar refractivity (Wildman–Crippen MR) is 81.1 cm³/mol. The molecule has 4 heteroatoms. The Morgan fingerprint density at radius 2 is 2.15 bits per heavy atom. The molecule has 0 saturated heterocycles. The number of nitrogens with zero attached hydrogens (tertiary/aromatic N) is 1. The summed E-state index contributed by atoms with van der Waals surface area (Å²) < 4.78 is 0. The minimum Gasteiger partial charge on any atom is -0.321 e. The number of anilines is 1. The monoisotopic (exact) mass is 271 g/mol. The summed E-state index contributed by atoms with van der Waals surface area (Å²) in [5, 5.41) is 9.83. The van der Waals surface area contributed by atoms with Gasteiger partial charge in [0, 0.05) is 11.4 Å². The standard InChI is InChI=1S/C16H21N3O/c1-4-6-14-10-15(19-18-14)16(20)17-13-8-5-7-12(9-13)11(2)3/h5,7-11H,4,6H2,1-3H3,(H,17,20)(H,18,19). The molecule has 20 heavy (non-hydrogen) atoms. The molecule has 0 unspecified atom stereocenters. The summed E-state index contributed by atoms with van der Waals surface area (Å²) in [5.74, 6) is 0.262. The number of benzene rings is 1. The van der Waals surface area contributed by atoms with Crippen LogP contribution < -0.4 is 5.32 Å². The van der Waals surface area contributed by atoms with E-state index in [2.05, 4.69) is 42.4 Å². The third kappa shape index (κ3) is 3.47. The number of rotatable bonds is 5. The molecule has 0 saturated carbocycles.